The molecule has 18 heavy (non-hydrogen) atoms. The third-order valence-corrected chi connectivity index (χ3v) is 4.60. The first-order valence-electron chi connectivity index (χ1n) is 7.20. The summed E-state index contributed by atoms with van der Waals surface area (Å²) in [6.07, 6.45) is 2.38. The van der Waals surface area contributed by atoms with Gasteiger partial charge in [-0.05, 0) is 39.7 Å². The van der Waals surface area contributed by atoms with Crippen molar-refractivity contribution < 1.29 is 4.79 Å². The average Bonchev–Trinajstić information content (AvgIpc) is 2.59. The SMILES string of the molecule is CC(C)C1NC(C)N(C2CCN(C)C(C)C2)C1=O. The number of nitrogens with zero attached hydrogens (tertiary/aromatic N) is 2. The Morgan fingerprint density at radius 1 is 1.33 bits per heavy atom. The lowest BCUT2D eigenvalue weighted by Crippen LogP contribution is -2.51. The molecule has 0 aromatic carbocycles. The van der Waals surface area contributed by atoms with Crippen molar-refractivity contribution in [2.45, 2.75) is 64.8 Å². The van der Waals surface area contributed by atoms with Crippen molar-refractivity contribution in [3.63, 3.8) is 0 Å². The van der Waals surface area contributed by atoms with Crippen LogP contribution in [0.2, 0.25) is 0 Å². The van der Waals surface area contributed by atoms with Crippen molar-refractivity contribution in [2.75, 3.05) is 13.6 Å². The molecule has 0 aliphatic carbocycles. The Labute approximate surface area is 111 Å². The Bertz CT molecular complexity index is 318. The van der Waals surface area contributed by atoms with Crippen LogP contribution in [0.4, 0.5) is 0 Å². The van der Waals surface area contributed by atoms with E-state index in [1.165, 1.54) is 0 Å². The van der Waals surface area contributed by atoms with E-state index in [0.29, 0.717) is 23.9 Å². The van der Waals surface area contributed by atoms with Crippen LogP contribution >= 0.6 is 0 Å². The molecule has 4 atom stereocenters. The van der Waals surface area contributed by atoms with Gasteiger partial charge < -0.3 is 9.80 Å². The van der Waals surface area contributed by atoms with Gasteiger partial charge in [-0.15, -0.1) is 0 Å². The number of amides is 1. The van der Waals surface area contributed by atoms with Gasteiger partial charge in [0.1, 0.15) is 0 Å². The van der Waals surface area contributed by atoms with Crippen LogP contribution in [0.1, 0.15) is 40.5 Å². The van der Waals surface area contributed by atoms with Crippen LogP contribution in [-0.4, -0.2) is 53.6 Å². The molecule has 104 valence electrons. The molecular weight excluding hydrogens is 226 g/mol. The Morgan fingerprint density at radius 3 is 2.50 bits per heavy atom. The maximum absolute atomic E-state index is 12.5. The number of likely N-dealkylation sites (tertiary alicyclic amines) is 1. The number of carbonyl (C=O) groups excluding carboxylic acids is 1. The summed E-state index contributed by atoms with van der Waals surface area (Å²) in [4.78, 5) is 17.0. The summed E-state index contributed by atoms with van der Waals surface area (Å²) in [6.45, 7) is 9.69. The standard InChI is InChI=1S/C14H27N3O/c1-9(2)13-14(18)17(11(4)15-13)12-6-7-16(5)10(3)8-12/h9-13,15H,6-8H2,1-5H3. The number of piperidine rings is 1. The number of nitrogens with one attached hydrogen (secondary N) is 1. The maximum atomic E-state index is 12.5. The fourth-order valence-electron chi connectivity index (χ4n) is 3.25. The zero-order valence-corrected chi connectivity index (χ0v) is 12.3. The van der Waals surface area contributed by atoms with E-state index in [9.17, 15) is 4.79 Å². The second-order valence-electron chi connectivity index (χ2n) is 6.32. The van der Waals surface area contributed by atoms with Crippen LogP contribution in [0.15, 0.2) is 0 Å². The molecule has 0 bridgehead atoms. The molecule has 2 aliphatic heterocycles. The lowest BCUT2D eigenvalue weighted by atomic mass is 9.96. The van der Waals surface area contributed by atoms with Gasteiger partial charge in [-0.1, -0.05) is 13.8 Å². The summed E-state index contributed by atoms with van der Waals surface area (Å²) in [5, 5.41) is 3.44. The van der Waals surface area contributed by atoms with E-state index in [1.54, 1.807) is 0 Å². The van der Waals surface area contributed by atoms with Crippen LogP contribution in [0.25, 0.3) is 0 Å². The third-order valence-electron chi connectivity index (χ3n) is 4.60. The van der Waals surface area contributed by atoms with Crippen LogP contribution < -0.4 is 5.32 Å². The summed E-state index contributed by atoms with van der Waals surface area (Å²) in [5.74, 6) is 0.674. The summed E-state index contributed by atoms with van der Waals surface area (Å²) < 4.78 is 0. The maximum Gasteiger partial charge on any atom is 0.241 e. The molecule has 0 spiro atoms. The second kappa shape index (κ2) is 5.17. The molecule has 4 heteroatoms. The predicted octanol–water partition coefficient (Wildman–Crippen LogP) is 1.27. The van der Waals surface area contributed by atoms with Gasteiger partial charge >= 0.3 is 0 Å². The zero-order chi connectivity index (χ0) is 13.4. The van der Waals surface area contributed by atoms with Crippen molar-refractivity contribution in [1.29, 1.82) is 0 Å². The van der Waals surface area contributed by atoms with E-state index < -0.39 is 0 Å². The summed E-state index contributed by atoms with van der Waals surface area (Å²) in [6, 6.07) is 0.992. The summed E-state index contributed by atoms with van der Waals surface area (Å²) in [5.41, 5.74) is 0. The summed E-state index contributed by atoms with van der Waals surface area (Å²) in [7, 11) is 2.17. The topological polar surface area (TPSA) is 35.6 Å². The smallest absolute Gasteiger partial charge is 0.241 e. The highest BCUT2D eigenvalue weighted by Crippen LogP contribution is 2.26. The molecule has 2 heterocycles. The van der Waals surface area contributed by atoms with Gasteiger partial charge in [0, 0.05) is 18.6 Å². The van der Waals surface area contributed by atoms with Crippen LogP contribution in [0.5, 0.6) is 0 Å². The number of rotatable bonds is 2. The third kappa shape index (κ3) is 2.41. The fraction of sp³-hybridized carbons (Fsp3) is 0.929. The van der Waals surface area contributed by atoms with Crippen molar-refractivity contribution in [1.82, 2.24) is 15.1 Å². The Hall–Kier alpha value is -0.610. The van der Waals surface area contributed by atoms with Gasteiger partial charge in [0.2, 0.25) is 5.91 Å². The second-order valence-corrected chi connectivity index (χ2v) is 6.32. The fourth-order valence-corrected chi connectivity index (χ4v) is 3.25. The molecule has 2 aliphatic rings. The molecule has 0 aromatic rings. The predicted molar refractivity (Wildman–Crippen MR) is 73.2 cm³/mol. The van der Waals surface area contributed by atoms with E-state index in [4.69, 9.17) is 0 Å². The average molecular weight is 253 g/mol. The van der Waals surface area contributed by atoms with Gasteiger partial charge in [0.15, 0.2) is 0 Å². The van der Waals surface area contributed by atoms with E-state index >= 15 is 0 Å². The van der Waals surface area contributed by atoms with Crippen molar-refractivity contribution in [2.24, 2.45) is 5.92 Å². The minimum absolute atomic E-state index is 0.00922. The van der Waals surface area contributed by atoms with E-state index in [0.717, 1.165) is 19.4 Å². The molecule has 2 rings (SSSR count). The largest absolute Gasteiger partial charge is 0.323 e. The quantitative estimate of drug-likeness (QED) is 0.805. The van der Waals surface area contributed by atoms with E-state index in [-0.39, 0.29) is 12.2 Å². The van der Waals surface area contributed by atoms with E-state index in [2.05, 4.69) is 49.9 Å². The van der Waals surface area contributed by atoms with Crippen LogP contribution in [0, 0.1) is 5.92 Å². The molecule has 1 N–H and O–H groups in total. The number of carbonyl (C=O) groups is 1. The minimum Gasteiger partial charge on any atom is -0.323 e. The highest BCUT2D eigenvalue weighted by Gasteiger charge is 2.42. The van der Waals surface area contributed by atoms with Crippen LogP contribution in [-0.2, 0) is 4.79 Å². The molecule has 1 amide bonds. The summed E-state index contributed by atoms with van der Waals surface area (Å²) >= 11 is 0. The first-order chi connectivity index (χ1) is 8.41. The van der Waals surface area contributed by atoms with Crippen molar-refractivity contribution in [3.05, 3.63) is 0 Å². The highest BCUT2D eigenvalue weighted by molar-refractivity contribution is 5.84. The normalized spacial score (nSPS) is 38.8. The van der Waals surface area contributed by atoms with Crippen molar-refractivity contribution in [3.8, 4) is 0 Å². The van der Waals surface area contributed by atoms with Gasteiger partial charge in [0.05, 0.1) is 12.2 Å². The molecule has 2 saturated heterocycles. The molecular formula is C14H27N3O. The van der Waals surface area contributed by atoms with Gasteiger partial charge in [-0.3, -0.25) is 10.1 Å². The lowest BCUT2D eigenvalue weighted by Gasteiger charge is -2.40. The number of hydrogen-bond acceptors (Lipinski definition) is 3. The molecule has 0 radical (unpaired) electrons. The Kier molecular flexibility index (Phi) is 3.97. The van der Waals surface area contributed by atoms with Gasteiger partial charge in [0.25, 0.3) is 0 Å². The monoisotopic (exact) mass is 253 g/mol. The van der Waals surface area contributed by atoms with Gasteiger partial charge in [-0.2, -0.15) is 0 Å². The first kappa shape index (κ1) is 13.8. The van der Waals surface area contributed by atoms with Gasteiger partial charge in [-0.25, -0.2) is 0 Å². The van der Waals surface area contributed by atoms with Crippen LogP contribution in [0.3, 0.4) is 0 Å². The molecule has 0 aromatic heterocycles. The highest BCUT2D eigenvalue weighted by atomic mass is 16.2. The Balaban J connectivity index is 2.07. The number of hydrogen-bond donors (Lipinski definition) is 1. The Morgan fingerprint density at radius 2 is 2.00 bits per heavy atom. The first-order valence-corrected chi connectivity index (χ1v) is 7.20. The zero-order valence-electron chi connectivity index (χ0n) is 12.3. The molecule has 2 fully saturated rings. The lowest BCUT2D eigenvalue weighted by molar-refractivity contribution is -0.134. The minimum atomic E-state index is 0.00922. The van der Waals surface area contributed by atoms with Crippen molar-refractivity contribution >= 4 is 5.91 Å². The molecule has 4 unspecified atom stereocenters. The van der Waals surface area contributed by atoms with E-state index in [1.807, 2.05) is 0 Å². The molecule has 0 saturated carbocycles. The molecule has 4 nitrogen and oxygen atoms in total.